The molecule has 0 aliphatic carbocycles. The van der Waals surface area contributed by atoms with E-state index in [2.05, 4.69) is 35.2 Å². The maximum Gasteiger partial charge on any atom is 0.0858 e. The minimum Gasteiger partial charge on any atom is -0.374 e. The van der Waals surface area contributed by atoms with Crippen LogP contribution in [0.2, 0.25) is 0 Å². The van der Waals surface area contributed by atoms with Gasteiger partial charge >= 0.3 is 0 Å². The standard InChI is InChI=1S/C15H25N3O/c1-3-7-17-14(11-13-6-4-5-8-16-13)15-12-18(2)9-10-19-15/h4-6,8,14-15,17H,3,7,9-12H2,1-2H3. The van der Waals surface area contributed by atoms with Crippen molar-refractivity contribution in [3.8, 4) is 0 Å². The lowest BCUT2D eigenvalue weighted by Gasteiger charge is -2.35. The molecule has 1 fully saturated rings. The second kappa shape index (κ2) is 7.58. The summed E-state index contributed by atoms with van der Waals surface area (Å²) in [6.45, 7) is 6.07. The van der Waals surface area contributed by atoms with Gasteiger partial charge in [-0.15, -0.1) is 0 Å². The lowest BCUT2D eigenvalue weighted by molar-refractivity contribution is -0.0385. The first-order chi connectivity index (χ1) is 9.29. The van der Waals surface area contributed by atoms with E-state index < -0.39 is 0 Å². The fourth-order valence-electron chi connectivity index (χ4n) is 2.46. The van der Waals surface area contributed by atoms with E-state index >= 15 is 0 Å². The van der Waals surface area contributed by atoms with Crippen molar-refractivity contribution in [2.45, 2.75) is 31.9 Å². The second-order valence-corrected chi connectivity index (χ2v) is 5.26. The van der Waals surface area contributed by atoms with Crippen molar-refractivity contribution in [1.29, 1.82) is 0 Å². The van der Waals surface area contributed by atoms with Crippen molar-refractivity contribution in [2.75, 3.05) is 33.3 Å². The molecule has 1 aliphatic rings. The van der Waals surface area contributed by atoms with Crippen molar-refractivity contribution in [2.24, 2.45) is 0 Å². The second-order valence-electron chi connectivity index (χ2n) is 5.26. The van der Waals surface area contributed by atoms with Crippen molar-refractivity contribution < 1.29 is 4.74 Å². The third kappa shape index (κ3) is 4.56. The highest BCUT2D eigenvalue weighted by Crippen LogP contribution is 2.11. The zero-order valence-corrected chi connectivity index (χ0v) is 12.0. The Hall–Kier alpha value is -0.970. The first-order valence-corrected chi connectivity index (χ1v) is 7.23. The highest BCUT2D eigenvalue weighted by molar-refractivity contribution is 5.06. The molecule has 0 aromatic carbocycles. The average molecular weight is 263 g/mol. The summed E-state index contributed by atoms with van der Waals surface area (Å²) in [5.74, 6) is 0. The van der Waals surface area contributed by atoms with Crippen LogP contribution in [0, 0.1) is 0 Å². The summed E-state index contributed by atoms with van der Waals surface area (Å²) in [5.41, 5.74) is 1.13. The smallest absolute Gasteiger partial charge is 0.0858 e. The average Bonchev–Trinajstić information content (AvgIpc) is 2.44. The number of likely N-dealkylation sites (N-methyl/N-ethyl adjacent to an activating group) is 1. The molecule has 0 spiro atoms. The molecule has 4 nitrogen and oxygen atoms in total. The predicted octanol–water partition coefficient (Wildman–Crippen LogP) is 1.32. The minimum atomic E-state index is 0.257. The molecule has 0 amide bonds. The zero-order chi connectivity index (χ0) is 13.5. The molecular formula is C15H25N3O. The molecule has 1 N–H and O–H groups in total. The first kappa shape index (κ1) is 14.4. The molecule has 106 valence electrons. The summed E-state index contributed by atoms with van der Waals surface area (Å²) in [6.07, 6.45) is 4.19. The third-order valence-corrected chi connectivity index (χ3v) is 3.56. The normalized spacial score (nSPS) is 22.3. The fraction of sp³-hybridized carbons (Fsp3) is 0.667. The molecule has 2 heterocycles. The number of morpholine rings is 1. The van der Waals surface area contributed by atoms with Gasteiger partial charge in [0, 0.05) is 37.4 Å². The third-order valence-electron chi connectivity index (χ3n) is 3.56. The molecular weight excluding hydrogens is 238 g/mol. The Kier molecular flexibility index (Phi) is 5.76. The predicted molar refractivity (Wildman–Crippen MR) is 77.3 cm³/mol. The summed E-state index contributed by atoms with van der Waals surface area (Å²) in [4.78, 5) is 6.77. The van der Waals surface area contributed by atoms with Gasteiger partial charge in [0.25, 0.3) is 0 Å². The van der Waals surface area contributed by atoms with E-state index in [4.69, 9.17) is 4.74 Å². The van der Waals surface area contributed by atoms with E-state index in [-0.39, 0.29) is 6.10 Å². The van der Waals surface area contributed by atoms with E-state index in [1.54, 1.807) is 0 Å². The maximum absolute atomic E-state index is 5.95. The van der Waals surface area contributed by atoms with Gasteiger partial charge in [0.05, 0.1) is 12.7 Å². The van der Waals surface area contributed by atoms with Crippen molar-refractivity contribution in [3.05, 3.63) is 30.1 Å². The van der Waals surface area contributed by atoms with Gasteiger partial charge in [-0.3, -0.25) is 4.98 Å². The fourth-order valence-corrected chi connectivity index (χ4v) is 2.46. The van der Waals surface area contributed by atoms with E-state index in [0.29, 0.717) is 6.04 Å². The molecule has 1 aromatic heterocycles. The maximum atomic E-state index is 5.95. The summed E-state index contributed by atoms with van der Waals surface area (Å²) < 4.78 is 5.95. The molecule has 2 unspecified atom stereocenters. The summed E-state index contributed by atoms with van der Waals surface area (Å²) in [7, 11) is 2.16. The number of aromatic nitrogens is 1. The van der Waals surface area contributed by atoms with Gasteiger partial charge in [0.15, 0.2) is 0 Å². The largest absolute Gasteiger partial charge is 0.374 e. The van der Waals surface area contributed by atoms with Crippen molar-refractivity contribution in [3.63, 3.8) is 0 Å². The number of rotatable bonds is 6. The zero-order valence-electron chi connectivity index (χ0n) is 12.0. The summed E-state index contributed by atoms with van der Waals surface area (Å²) in [6, 6.07) is 6.45. The van der Waals surface area contributed by atoms with Crippen LogP contribution >= 0.6 is 0 Å². The van der Waals surface area contributed by atoms with Crippen molar-refractivity contribution >= 4 is 0 Å². The number of pyridine rings is 1. The minimum absolute atomic E-state index is 0.257. The van der Waals surface area contributed by atoms with Crippen LogP contribution < -0.4 is 5.32 Å². The highest BCUT2D eigenvalue weighted by atomic mass is 16.5. The molecule has 4 heteroatoms. The molecule has 1 aromatic rings. The highest BCUT2D eigenvalue weighted by Gasteiger charge is 2.26. The molecule has 0 saturated carbocycles. The van der Waals surface area contributed by atoms with Gasteiger partial charge in [0.1, 0.15) is 0 Å². The number of hydrogen-bond donors (Lipinski definition) is 1. The number of hydrogen-bond acceptors (Lipinski definition) is 4. The molecule has 2 rings (SSSR count). The van der Waals surface area contributed by atoms with Crippen LogP contribution in [0.4, 0.5) is 0 Å². The SMILES string of the molecule is CCCNC(Cc1ccccn1)C1CN(C)CCO1. The quantitative estimate of drug-likeness (QED) is 0.840. The van der Waals surface area contributed by atoms with Gasteiger partial charge in [0.2, 0.25) is 0 Å². The van der Waals surface area contributed by atoms with Gasteiger partial charge in [-0.25, -0.2) is 0 Å². The number of nitrogens with one attached hydrogen (secondary N) is 1. The van der Waals surface area contributed by atoms with Crippen LogP contribution in [0.25, 0.3) is 0 Å². The van der Waals surface area contributed by atoms with Gasteiger partial charge < -0.3 is 15.0 Å². The molecule has 19 heavy (non-hydrogen) atoms. The van der Waals surface area contributed by atoms with E-state index in [1.165, 1.54) is 0 Å². The molecule has 0 bridgehead atoms. The van der Waals surface area contributed by atoms with Gasteiger partial charge in [-0.1, -0.05) is 13.0 Å². The Labute approximate surface area is 116 Å². The van der Waals surface area contributed by atoms with E-state index in [1.807, 2.05) is 18.3 Å². The summed E-state index contributed by atoms with van der Waals surface area (Å²) in [5, 5.41) is 3.62. The number of ether oxygens (including phenoxy) is 1. The van der Waals surface area contributed by atoms with Crippen LogP contribution in [-0.2, 0) is 11.2 Å². The molecule has 1 saturated heterocycles. The van der Waals surface area contributed by atoms with Crippen LogP contribution in [-0.4, -0.2) is 55.3 Å². The van der Waals surface area contributed by atoms with E-state index in [9.17, 15) is 0 Å². The number of nitrogens with zero attached hydrogens (tertiary/aromatic N) is 2. The summed E-state index contributed by atoms with van der Waals surface area (Å²) >= 11 is 0. The van der Waals surface area contributed by atoms with Crippen LogP contribution in [0.5, 0.6) is 0 Å². The first-order valence-electron chi connectivity index (χ1n) is 7.23. The van der Waals surface area contributed by atoms with Gasteiger partial charge in [-0.05, 0) is 32.1 Å². The Morgan fingerprint density at radius 1 is 1.53 bits per heavy atom. The lowest BCUT2D eigenvalue weighted by atomic mass is 10.0. The van der Waals surface area contributed by atoms with Crippen molar-refractivity contribution in [1.82, 2.24) is 15.2 Å². The Bertz CT molecular complexity index is 358. The topological polar surface area (TPSA) is 37.4 Å². The van der Waals surface area contributed by atoms with Crippen LogP contribution in [0.1, 0.15) is 19.0 Å². The molecule has 2 atom stereocenters. The van der Waals surface area contributed by atoms with Crippen LogP contribution in [0.3, 0.4) is 0 Å². The van der Waals surface area contributed by atoms with Crippen LogP contribution in [0.15, 0.2) is 24.4 Å². The molecule has 0 radical (unpaired) electrons. The molecule has 1 aliphatic heterocycles. The van der Waals surface area contributed by atoms with Gasteiger partial charge in [-0.2, -0.15) is 0 Å². The Balaban J connectivity index is 1.98. The monoisotopic (exact) mass is 263 g/mol. The Morgan fingerprint density at radius 3 is 3.11 bits per heavy atom. The van der Waals surface area contributed by atoms with E-state index in [0.717, 1.165) is 44.8 Å². The lowest BCUT2D eigenvalue weighted by Crippen LogP contribution is -2.52. The Morgan fingerprint density at radius 2 is 2.42 bits per heavy atom.